The number of hydrogen-bond donors (Lipinski definition) is 1. The van der Waals surface area contributed by atoms with Crippen LogP contribution in [0, 0.1) is 0 Å². The number of benzene rings is 2. The number of thiophene rings is 1. The highest BCUT2D eigenvalue weighted by Gasteiger charge is 2.09. The van der Waals surface area contributed by atoms with Crippen LogP contribution in [0.15, 0.2) is 71.5 Å². The predicted octanol–water partition coefficient (Wildman–Crippen LogP) is 4.26. The summed E-state index contributed by atoms with van der Waals surface area (Å²) in [6.07, 6.45) is 3.33. The molecule has 0 aliphatic rings. The minimum absolute atomic E-state index is 0.0923. The molecule has 2 heterocycles. The van der Waals surface area contributed by atoms with E-state index in [2.05, 4.69) is 23.5 Å². The quantitative estimate of drug-likeness (QED) is 0.530. The van der Waals surface area contributed by atoms with Gasteiger partial charge < -0.3 is 5.32 Å². The van der Waals surface area contributed by atoms with Gasteiger partial charge >= 0.3 is 5.69 Å². The molecule has 0 fully saturated rings. The third-order valence-corrected chi connectivity index (χ3v) is 5.72. The summed E-state index contributed by atoms with van der Waals surface area (Å²) < 4.78 is 3.15. The maximum Gasteiger partial charge on any atom is 0.328 e. The van der Waals surface area contributed by atoms with Crippen molar-refractivity contribution in [3.05, 3.63) is 82.1 Å². The van der Waals surface area contributed by atoms with Gasteiger partial charge in [-0.15, -0.1) is 11.3 Å². The second-order valence-corrected chi connectivity index (χ2v) is 7.61. The molecule has 28 heavy (non-hydrogen) atoms. The van der Waals surface area contributed by atoms with E-state index in [1.54, 1.807) is 46.7 Å². The molecular weight excluding hydrogens is 370 g/mol. The third-order valence-electron chi connectivity index (χ3n) is 4.62. The van der Waals surface area contributed by atoms with Crippen LogP contribution in [0.5, 0.6) is 0 Å². The Balaban J connectivity index is 1.49. The van der Waals surface area contributed by atoms with E-state index in [1.165, 1.54) is 11.6 Å². The Morgan fingerprint density at radius 2 is 1.71 bits per heavy atom. The summed E-state index contributed by atoms with van der Waals surface area (Å²) in [5, 5.41) is 2.85. The summed E-state index contributed by atoms with van der Waals surface area (Å²) in [5.74, 6) is -0.213. The Morgan fingerprint density at radius 3 is 2.50 bits per heavy atom. The molecule has 2 aromatic heterocycles. The van der Waals surface area contributed by atoms with Crippen molar-refractivity contribution in [1.29, 1.82) is 0 Å². The second-order valence-electron chi connectivity index (χ2n) is 6.49. The molecular formula is C22H19N3O2S. The molecule has 0 saturated heterocycles. The molecule has 0 aliphatic carbocycles. The highest BCUT2D eigenvalue weighted by Crippen LogP contribution is 2.28. The molecule has 0 spiro atoms. The zero-order valence-electron chi connectivity index (χ0n) is 15.5. The van der Waals surface area contributed by atoms with E-state index in [-0.39, 0.29) is 11.6 Å². The monoisotopic (exact) mass is 389 g/mol. The minimum Gasteiger partial charge on any atom is -0.322 e. The average molecular weight is 389 g/mol. The summed E-state index contributed by atoms with van der Waals surface area (Å²) >= 11 is 1.63. The van der Waals surface area contributed by atoms with Crippen molar-refractivity contribution in [1.82, 2.24) is 9.13 Å². The molecule has 4 rings (SSSR count). The Kier molecular flexibility index (Phi) is 4.71. The Labute approximate surface area is 166 Å². The van der Waals surface area contributed by atoms with Gasteiger partial charge in [-0.2, -0.15) is 0 Å². The zero-order chi connectivity index (χ0) is 19.7. The van der Waals surface area contributed by atoms with E-state index < -0.39 is 0 Å². The van der Waals surface area contributed by atoms with Gasteiger partial charge in [-0.1, -0.05) is 30.3 Å². The third kappa shape index (κ3) is 3.42. The van der Waals surface area contributed by atoms with Gasteiger partial charge in [-0.3, -0.25) is 13.9 Å². The summed E-state index contributed by atoms with van der Waals surface area (Å²) in [4.78, 5) is 26.5. The molecule has 0 radical (unpaired) electrons. The molecule has 1 N–H and O–H groups in total. The van der Waals surface area contributed by atoms with Gasteiger partial charge in [0.15, 0.2) is 0 Å². The van der Waals surface area contributed by atoms with Gasteiger partial charge in [0.1, 0.15) is 0 Å². The van der Waals surface area contributed by atoms with E-state index in [1.807, 2.05) is 36.4 Å². The summed E-state index contributed by atoms with van der Waals surface area (Å²) in [5.41, 5.74) is 3.33. The normalized spacial score (nSPS) is 11.4. The van der Waals surface area contributed by atoms with E-state index in [0.29, 0.717) is 5.69 Å². The fraction of sp³-hybridized carbons (Fsp3) is 0.0909. The van der Waals surface area contributed by atoms with Crippen molar-refractivity contribution in [3.8, 4) is 10.4 Å². The Bertz CT molecular complexity index is 1250. The standard InChI is InChI=1S/C22H19N3O2S/c1-24-18-11-8-16(14-19(18)25(2)22(24)27)23-21(26)13-10-17-9-12-20(28-17)15-6-4-3-5-7-15/h3-14H,1-2H3,(H,23,26)/b13-10+. The van der Waals surface area contributed by atoms with Crippen LogP contribution in [-0.4, -0.2) is 15.0 Å². The van der Waals surface area contributed by atoms with E-state index in [0.717, 1.165) is 20.8 Å². The van der Waals surface area contributed by atoms with Crippen LogP contribution < -0.4 is 11.0 Å². The molecule has 0 unspecified atom stereocenters. The van der Waals surface area contributed by atoms with Crippen molar-refractivity contribution in [2.24, 2.45) is 14.1 Å². The lowest BCUT2D eigenvalue weighted by molar-refractivity contribution is -0.111. The molecule has 5 nitrogen and oxygen atoms in total. The lowest BCUT2D eigenvalue weighted by Crippen LogP contribution is -2.19. The molecule has 0 bridgehead atoms. The highest BCUT2D eigenvalue weighted by atomic mass is 32.1. The number of fused-ring (bicyclic) bond motifs is 1. The fourth-order valence-corrected chi connectivity index (χ4v) is 4.04. The number of hydrogen-bond acceptors (Lipinski definition) is 3. The lowest BCUT2D eigenvalue weighted by atomic mass is 10.2. The van der Waals surface area contributed by atoms with Gasteiger partial charge in [0.2, 0.25) is 5.91 Å². The van der Waals surface area contributed by atoms with E-state index in [4.69, 9.17) is 0 Å². The predicted molar refractivity (Wildman–Crippen MR) is 116 cm³/mol. The van der Waals surface area contributed by atoms with Crippen LogP contribution >= 0.6 is 11.3 Å². The number of carbonyl (C=O) groups is 1. The van der Waals surface area contributed by atoms with Crippen molar-refractivity contribution in [2.45, 2.75) is 0 Å². The number of rotatable bonds is 4. The smallest absolute Gasteiger partial charge is 0.322 e. The number of aryl methyl sites for hydroxylation is 2. The topological polar surface area (TPSA) is 56.0 Å². The molecule has 6 heteroatoms. The van der Waals surface area contributed by atoms with Crippen LogP contribution in [0.4, 0.5) is 5.69 Å². The molecule has 0 atom stereocenters. The SMILES string of the molecule is Cn1c(=O)n(C)c2cc(NC(=O)/C=C/c3ccc(-c4ccccc4)s3)ccc21. The Hall–Kier alpha value is -3.38. The van der Waals surface area contributed by atoms with Crippen LogP contribution in [0.1, 0.15) is 4.88 Å². The summed E-state index contributed by atoms with van der Waals surface area (Å²) in [7, 11) is 3.45. The van der Waals surface area contributed by atoms with Crippen molar-refractivity contribution in [3.63, 3.8) is 0 Å². The number of aromatic nitrogens is 2. The van der Waals surface area contributed by atoms with Crippen molar-refractivity contribution in [2.75, 3.05) is 5.32 Å². The lowest BCUT2D eigenvalue weighted by Gasteiger charge is -2.03. The van der Waals surface area contributed by atoms with E-state index in [9.17, 15) is 9.59 Å². The van der Waals surface area contributed by atoms with Crippen LogP contribution in [0.25, 0.3) is 27.6 Å². The number of anilines is 1. The fourth-order valence-electron chi connectivity index (χ4n) is 3.13. The van der Waals surface area contributed by atoms with Gasteiger partial charge in [-0.05, 0) is 42.0 Å². The van der Waals surface area contributed by atoms with Crippen LogP contribution in [0.2, 0.25) is 0 Å². The first-order valence-corrected chi connectivity index (χ1v) is 9.64. The summed E-state index contributed by atoms with van der Waals surface area (Å²) in [6, 6.07) is 19.7. The molecule has 2 aromatic carbocycles. The van der Waals surface area contributed by atoms with Gasteiger partial charge in [0, 0.05) is 35.6 Å². The molecule has 4 aromatic rings. The first-order chi connectivity index (χ1) is 13.5. The average Bonchev–Trinajstić information content (AvgIpc) is 3.27. The number of nitrogens with one attached hydrogen (secondary N) is 1. The van der Waals surface area contributed by atoms with Crippen molar-refractivity contribution < 1.29 is 4.79 Å². The summed E-state index contributed by atoms with van der Waals surface area (Å²) in [6.45, 7) is 0. The first-order valence-electron chi connectivity index (χ1n) is 8.83. The van der Waals surface area contributed by atoms with Gasteiger partial charge in [0.25, 0.3) is 0 Å². The second kappa shape index (κ2) is 7.32. The highest BCUT2D eigenvalue weighted by molar-refractivity contribution is 7.16. The van der Waals surface area contributed by atoms with Gasteiger partial charge in [0.05, 0.1) is 11.0 Å². The number of nitrogens with zero attached hydrogens (tertiary/aromatic N) is 2. The first kappa shape index (κ1) is 18.0. The van der Waals surface area contributed by atoms with Crippen LogP contribution in [0.3, 0.4) is 0 Å². The maximum atomic E-state index is 12.3. The molecule has 140 valence electrons. The minimum atomic E-state index is -0.213. The number of imidazole rings is 1. The van der Waals surface area contributed by atoms with Crippen LogP contribution in [-0.2, 0) is 18.9 Å². The maximum absolute atomic E-state index is 12.3. The number of amides is 1. The zero-order valence-corrected chi connectivity index (χ0v) is 16.4. The largest absolute Gasteiger partial charge is 0.328 e. The molecule has 0 aliphatic heterocycles. The molecule has 0 saturated carbocycles. The molecule has 1 amide bonds. The van der Waals surface area contributed by atoms with Gasteiger partial charge in [-0.25, -0.2) is 4.79 Å². The van der Waals surface area contributed by atoms with Crippen molar-refractivity contribution >= 4 is 40.0 Å². The van der Waals surface area contributed by atoms with E-state index >= 15 is 0 Å². The Morgan fingerprint density at radius 1 is 0.964 bits per heavy atom. The number of carbonyl (C=O) groups excluding carboxylic acids is 1.